The van der Waals surface area contributed by atoms with Gasteiger partial charge in [-0.1, -0.05) is 18.2 Å². The number of nitrogens with zero attached hydrogens (tertiary/aromatic N) is 2. The molecule has 1 unspecified atom stereocenters. The zero-order valence-corrected chi connectivity index (χ0v) is 16.8. The molecule has 3 heterocycles. The van der Waals surface area contributed by atoms with E-state index in [1.54, 1.807) is 24.5 Å². The van der Waals surface area contributed by atoms with E-state index in [-0.39, 0.29) is 11.5 Å². The van der Waals surface area contributed by atoms with Crippen molar-refractivity contribution < 1.29 is 9.53 Å². The van der Waals surface area contributed by atoms with Gasteiger partial charge in [0.1, 0.15) is 11.4 Å². The largest absolute Gasteiger partial charge is 0.487 e. The van der Waals surface area contributed by atoms with Crippen molar-refractivity contribution in [2.24, 2.45) is 0 Å². The maximum Gasteiger partial charge on any atom is 0.253 e. The third-order valence-electron chi connectivity index (χ3n) is 6.86. The van der Waals surface area contributed by atoms with E-state index in [0.29, 0.717) is 12.1 Å². The Morgan fingerprint density at radius 3 is 2.55 bits per heavy atom. The monoisotopic (exact) mass is 391 g/mol. The van der Waals surface area contributed by atoms with Crippen molar-refractivity contribution >= 4 is 5.91 Å². The van der Waals surface area contributed by atoms with E-state index in [1.165, 1.54) is 31.2 Å². The number of nitrogens with one attached hydrogen (secondary N) is 1. The SMILES string of the molecule is O=C(c1ccncc1)N1CCC(NC2CC3(CCCC3)Oc3ccccc32)CC1. The number of hydrogen-bond donors (Lipinski definition) is 1. The fraction of sp³-hybridized carbons (Fsp3) is 0.500. The van der Waals surface area contributed by atoms with Crippen molar-refractivity contribution in [3.8, 4) is 5.75 Å². The molecule has 1 aromatic heterocycles. The number of amides is 1. The summed E-state index contributed by atoms with van der Waals surface area (Å²) in [5.41, 5.74) is 2.04. The maximum atomic E-state index is 12.7. The molecular weight excluding hydrogens is 362 g/mol. The van der Waals surface area contributed by atoms with Crippen LogP contribution in [-0.4, -0.2) is 40.5 Å². The van der Waals surface area contributed by atoms with Crippen molar-refractivity contribution in [1.82, 2.24) is 15.2 Å². The molecule has 3 aliphatic rings. The van der Waals surface area contributed by atoms with Gasteiger partial charge in [-0.3, -0.25) is 9.78 Å². The summed E-state index contributed by atoms with van der Waals surface area (Å²) in [5.74, 6) is 1.18. The lowest BCUT2D eigenvalue weighted by Crippen LogP contribution is -2.49. The molecule has 2 aliphatic heterocycles. The van der Waals surface area contributed by atoms with Crippen LogP contribution in [0.3, 0.4) is 0 Å². The molecule has 5 rings (SSSR count). The van der Waals surface area contributed by atoms with Gasteiger partial charge in [-0.25, -0.2) is 0 Å². The smallest absolute Gasteiger partial charge is 0.253 e. The molecule has 1 N–H and O–H groups in total. The van der Waals surface area contributed by atoms with E-state index in [4.69, 9.17) is 4.74 Å². The van der Waals surface area contributed by atoms with Gasteiger partial charge in [0.2, 0.25) is 0 Å². The Kier molecular flexibility index (Phi) is 5.00. The number of ether oxygens (including phenoxy) is 1. The van der Waals surface area contributed by atoms with Crippen LogP contribution in [0.2, 0.25) is 0 Å². The topological polar surface area (TPSA) is 54.5 Å². The van der Waals surface area contributed by atoms with Gasteiger partial charge in [0, 0.05) is 55.1 Å². The zero-order valence-electron chi connectivity index (χ0n) is 16.8. The van der Waals surface area contributed by atoms with E-state index in [0.717, 1.165) is 43.7 Å². The van der Waals surface area contributed by atoms with Crippen LogP contribution in [0.1, 0.15) is 66.9 Å². The number of carbonyl (C=O) groups excluding carboxylic acids is 1. The molecule has 2 aromatic rings. The van der Waals surface area contributed by atoms with Crippen LogP contribution in [0.25, 0.3) is 0 Å². The Balaban J connectivity index is 1.25. The second kappa shape index (κ2) is 7.79. The molecule has 1 amide bonds. The number of carbonyl (C=O) groups is 1. The molecule has 2 fully saturated rings. The molecule has 5 heteroatoms. The first kappa shape index (κ1) is 18.6. The van der Waals surface area contributed by atoms with Gasteiger partial charge in [0.05, 0.1) is 0 Å². The summed E-state index contributed by atoms with van der Waals surface area (Å²) in [4.78, 5) is 18.7. The highest BCUT2D eigenvalue weighted by Gasteiger charge is 2.43. The highest BCUT2D eigenvalue weighted by molar-refractivity contribution is 5.94. The van der Waals surface area contributed by atoms with Gasteiger partial charge in [0.25, 0.3) is 5.91 Å². The Morgan fingerprint density at radius 2 is 1.79 bits per heavy atom. The van der Waals surface area contributed by atoms with Gasteiger partial charge in [-0.15, -0.1) is 0 Å². The highest BCUT2D eigenvalue weighted by atomic mass is 16.5. The number of pyridine rings is 1. The summed E-state index contributed by atoms with van der Waals surface area (Å²) in [6, 6.07) is 12.9. The molecule has 5 nitrogen and oxygen atoms in total. The van der Waals surface area contributed by atoms with Crippen LogP contribution in [-0.2, 0) is 0 Å². The number of benzene rings is 1. The number of aromatic nitrogens is 1. The average molecular weight is 392 g/mol. The number of hydrogen-bond acceptors (Lipinski definition) is 4. The van der Waals surface area contributed by atoms with Gasteiger partial charge in [-0.2, -0.15) is 0 Å². The lowest BCUT2D eigenvalue weighted by molar-refractivity contribution is 0.0326. The van der Waals surface area contributed by atoms with Crippen LogP contribution in [0.15, 0.2) is 48.8 Å². The summed E-state index contributed by atoms with van der Waals surface area (Å²) >= 11 is 0. The van der Waals surface area contributed by atoms with E-state index in [2.05, 4.69) is 34.6 Å². The molecule has 1 spiro atoms. The minimum Gasteiger partial charge on any atom is -0.487 e. The molecule has 0 bridgehead atoms. The van der Waals surface area contributed by atoms with E-state index >= 15 is 0 Å². The third kappa shape index (κ3) is 3.76. The Morgan fingerprint density at radius 1 is 1.07 bits per heavy atom. The van der Waals surface area contributed by atoms with Gasteiger partial charge >= 0.3 is 0 Å². The number of para-hydroxylation sites is 1. The van der Waals surface area contributed by atoms with Crippen LogP contribution in [0.4, 0.5) is 0 Å². The van der Waals surface area contributed by atoms with E-state index < -0.39 is 0 Å². The van der Waals surface area contributed by atoms with Crippen molar-refractivity contribution in [2.75, 3.05) is 13.1 Å². The minimum atomic E-state index is 0.0179. The second-order valence-corrected chi connectivity index (χ2v) is 8.76. The zero-order chi connectivity index (χ0) is 19.7. The first-order valence-corrected chi connectivity index (χ1v) is 11.0. The number of likely N-dealkylation sites (tertiary alicyclic amines) is 1. The summed E-state index contributed by atoms with van der Waals surface area (Å²) in [5, 5.41) is 3.94. The van der Waals surface area contributed by atoms with Crippen molar-refractivity contribution in [2.45, 2.75) is 62.6 Å². The normalized spacial score (nSPS) is 23.6. The Bertz CT molecular complexity index is 855. The molecule has 152 valence electrons. The molecule has 1 aliphatic carbocycles. The molecule has 1 saturated heterocycles. The van der Waals surface area contributed by atoms with Crippen LogP contribution < -0.4 is 10.1 Å². The second-order valence-electron chi connectivity index (χ2n) is 8.76. The number of piperidine rings is 1. The summed E-state index contributed by atoms with van der Waals surface area (Å²) in [6.45, 7) is 1.60. The number of rotatable bonds is 3. The molecule has 29 heavy (non-hydrogen) atoms. The fourth-order valence-electron chi connectivity index (χ4n) is 5.30. The van der Waals surface area contributed by atoms with Crippen LogP contribution in [0, 0.1) is 0 Å². The minimum absolute atomic E-state index is 0.0179. The summed E-state index contributed by atoms with van der Waals surface area (Å²) in [7, 11) is 0. The summed E-state index contributed by atoms with van der Waals surface area (Å²) < 4.78 is 6.50. The Hall–Kier alpha value is -2.40. The van der Waals surface area contributed by atoms with Crippen LogP contribution >= 0.6 is 0 Å². The molecular formula is C24H29N3O2. The first-order valence-electron chi connectivity index (χ1n) is 11.0. The highest BCUT2D eigenvalue weighted by Crippen LogP contribution is 2.47. The first-order chi connectivity index (χ1) is 14.2. The predicted octanol–water partition coefficient (Wildman–Crippen LogP) is 4.11. The van der Waals surface area contributed by atoms with Crippen LogP contribution in [0.5, 0.6) is 5.75 Å². The van der Waals surface area contributed by atoms with Crippen molar-refractivity contribution in [3.05, 3.63) is 59.9 Å². The lowest BCUT2D eigenvalue weighted by Gasteiger charge is -2.42. The standard InChI is InChI=1S/C24H29N3O2/c28-23(18-7-13-25-14-8-18)27-15-9-19(10-16-27)26-21-17-24(11-3-4-12-24)29-22-6-2-1-5-20(21)22/h1-2,5-8,13-14,19,21,26H,3-4,9-12,15-17H2. The van der Waals surface area contributed by atoms with E-state index in [1.807, 2.05) is 4.90 Å². The number of fused-ring (bicyclic) bond motifs is 1. The molecule has 1 atom stereocenters. The lowest BCUT2D eigenvalue weighted by atomic mass is 9.85. The van der Waals surface area contributed by atoms with Gasteiger partial charge in [0.15, 0.2) is 0 Å². The quantitative estimate of drug-likeness (QED) is 0.855. The summed E-state index contributed by atoms with van der Waals surface area (Å²) in [6.07, 6.45) is 11.3. The predicted molar refractivity (Wildman–Crippen MR) is 112 cm³/mol. The average Bonchev–Trinajstić information content (AvgIpc) is 3.21. The molecule has 1 aromatic carbocycles. The third-order valence-corrected chi connectivity index (χ3v) is 6.86. The van der Waals surface area contributed by atoms with Crippen molar-refractivity contribution in [3.63, 3.8) is 0 Å². The fourth-order valence-corrected chi connectivity index (χ4v) is 5.30. The Labute approximate surface area is 172 Å². The van der Waals surface area contributed by atoms with E-state index in [9.17, 15) is 4.79 Å². The molecule has 1 saturated carbocycles. The van der Waals surface area contributed by atoms with Gasteiger partial charge in [-0.05, 0) is 56.7 Å². The maximum absolute atomic E-state index is 12.7. The van der Waals surface area contributed by atoms with Crippen molar-refractivity contribution in [1.29, 1.82) is 0 Å². The van der Waals surface area contributed by atoms with Gasteiger partial charge < -0.3 is 15.0 Å². The molecule has 0 radical (unpaired) electrons.